The second-order valence-corrected chi connectivity index (χ2v) is 4.91. The summed E-state index contributed by atoms with van der Waals surface area (Å²) in [6.45, 7) is 0. The molecule has 0 radical (unpaired) electrons. The van der Waals surface area contributed by atoms with Crippen LogP contribution in [0.4, 0.5) is 0 Å². The van der Waals surface area contributed by atoms with Gasteiger partial charge in [-0.3, -0.25) is 0 Å². The average Bonchev–Trinajstić information content (AvgIpc) is 2.74. The predicted molar refractivity (Wildman–Crippen MR) is 58.8 cm³/mol. The molecule has 0 atom stereocenters. The van der Waals surface area contributed by atoms with Crippen molar-refractivity contribution in [3.63, 3.8) is 0 Å². The van der Waals surface area contributed by atoms with Crippen LogP contribution in [0.3, 0.4) is 0 Å². The standard InChI is InChI=1S/C12H19N3/c1-2-6-10(7-3-1)15-13-11-8-4-5-9-12(11)14-15/h10H,1-9H2. The van der Waals surface area contributed by atoms with Crippen molar-refractivity contribution >= 4 is 0 Å². The molecule has 1 aromatic rings. The van der Waals surface area contributed by atoms with Gasteiger partial charge in [0, 0.05) is 0 Å². The molecule has 0 N–H and O–H groups in total. The van der Waals surface area contributed by atoms with E-state index in [0.717, 1.165) is 12.8 Å². The molecule has 0 unspecified atom stereocenters. The molecule has 0 saturated heterocycles. The van der Waals surface area contributed by atoms with Gasteiger partial charge in [0.15, 0.2) is 0 Å². The molecule has 2 aliphatic rings. The minimum absolute atomic E-state index is 0.601. The fourth-order valence-corrected chi connectivity index (χ4v) is 2.83. The summed E-state index contributed by atoms with van der Waals surface area (Å²) in [6, 6.07) is 0.601. The second kappa shape index (κ2) is 3.95. The topological polar surface area (TPSA) is 30.7 Å². The van der Waals surface area contributed by atoms with Crippen molar-refractivity contribution in [2.45, 2.75) is 63.8 Å². The van der Waals surface area contributed by atoms with Gasteiger partial charge in [-0.2, -0.15) is 15.0 Å². The summed E-state index contributed by atoms with van der Waals surface area (Å²) in [5.41, 5.74) is 2.57. The van der Waals surface area contributed by atoms with E-state index in [4.69, 9.17) is 0 Å². The fourth-order valence-electron chi connectivity index (χ4n) is 2.83. The zero-order chi connectivity index (χ0) is 10.1. The number of hydrogen-bond donors (Lipinski definition) is 0. The monoisotopic (exact) mass is 205 g/mol. The highest BCUT2D eigenvalue weighted by Gasteiger charge is 2.21. The molecule has 15 heavy (non-hydrogen) atoms. The zero-order valence-corrected chi connectivity index (χ0v) is 9.28. The second-order valence-electron chi connectivity index (χ2n) is 4.91. The van der Waals surface area contributed by atoms with Gasteiger partial charge in [-0.05, 0) is 38.5 Å². The third-order valence-electron chi connectivity index (χ3n) is 3.76. The van der Waals surface area contributed by atoms with Crippen molar-refractivity contribution in [2.24, 2.45) is 0 Å². The molecule has 3 rings (SSSR count). The lowest BCUT2D eigenvalue weighted by Gasteiger charge is -2.20. The van der Waals surface area contributed by atoms with Crippen molar-refractivity contribution < 1.29 is 0 Å². The molecule has 2 aliphatic carbocycles. The molecule has 3 nitrogen and oxygen atoms in total. The van der Waals surface area contributed by atoms with Crippen LogP contribution in [0.2, 0.25) is 0 Å². The summed E-state index contributed by atoms with van der Waals surface area (Å²) >= 11 is 0. The third-order valence-corrected chi connectivity index (χ3v) is 3.76. The van der Waals surface area contributed by atoms with Crippen molar-refractivity contribution in [2.75, 3.05) is 0 Å². The van der Waals surface area contributed by atoms with Crippen LogP contribution in [-0.2, 0) is 12.8 Å². The molecule has 0 spiro atoms. The van der Waals surface area contributed by atoms with E-state index in [1.807, 2.05) is 4.80 Å². The lowest BCUT2D eigenvalue weighted by molar-refractivity contribution is 0.300. The smallest absolute Gasteiger partial charge is 0.0859 e. The van der Waals surface area contributed by atoms with Crippen LogP contribution in [0.25, 0.3) is 0 Å². The lowest BCUT2D eigenvalue weighted by Crippen LogP contribution is -2.15. The molecule has 1 aromatic heterocycles. The Kier molecular flexibility index (Phi) is 2.47. The van der Waals surface area contributed by atoms with Crippen LogP contribution in [0, 0.1) is 0 Å². The van der Waals surface area contributed by atoms with Gasteiger partial charge in [-0.25, -0.2) is 0 Å². The summed E-state index contributed by atoms with van der Waals surface area (Å²) in [4.78, 5) is 2.04. The number of hydrogen-bond acceptors (Lipinski definition) is 2. The van der Waals surface area contributed by atoms with Gasteiger partial charge < -0.3 is 0 Å². The predicted octanol–water partition coefficient (Wildman–Crippen LogP) is 2.66. The maximum Gasteiger partial charge on any atom is 0.0859 e. The van der Waals surface area contributed by atoms with E-state index < -0.39 is 0 Å². The Bertz CT molecular complexity index is 313. The van der Waals surface area contributed by atoms with Crippen LogP contribution in [0.1, 0.15) is 62.4 Å². The van der Waals surface area contributed by atoms with E-state index in [1.54, 1.807) is 0 Å². The normalized spacial score (nSPS) is 22.7. The summed E-state index contributed by atoms with van der Waals surface area (Å²) in [5, 5.41) is 9.36. The molecule has 3 heteroatoms. The van der Waals surface area contributed by atoms with E-state index in [1.165, 1.54) is 56.3 Å². The highest BCUT2D eigenvalue weighted by molar-refractivity contribution is 5.12. The Morgan fingerprint density at radius 1 is 0.800 bits per heavy atom. The average molecular weight is 205 g/mol. The largest absolute Gasteiger partial charge is 0.181 e. The zero-order valence-electron chi connectivity index (χ0n) is 9.28. The molecule has 0 aromatic carbocycles. The van der Waals surface area contributed by atoms with Crippen molar-refractivity contribution in [1.82, 2.24) is 15.0 Å². The van der Waals surface area contributed by atoms with E-state index in [2.05, 4.69) is 10.2 Å². The van der Waals surface area contributed by atoms with Crippen LogP contribution < -0.4 is 0 Å². The Labute approximate surface area is 90.9 Å². The summed E-state index contributed by atoms with van der Waals surface area (Å²) in [5.74, 6) is 0. The van der Waals surface area contributed by atoms with E-state index in [-0.39, 0.29) is 0 Å². The molecule has 1 fully saturated rings. The first-order valence-corrected chi connectivity index (χ1v) is 6.38. The maximum absolute atomic E-state index is 4.68. The summed E-state index contributed by atoms with van der Waals surface area (Å²) < 4.78 is 0. The Balaban J connectivity index is 1.82. The lowest BCUT2D eigenvalue weighted by atomic mass is 9.96. The quantitative estimate of drug-likeness (QED) is 0.705. The van der Waals surface area contributed by atoms with Gasteiger partial charge in [0.25, 0.3) is 0 Å². The van der Waals surface area contributed by atoms with Crippen LogP contribution in [0.5, 0.6) is 0 Å². The molecule has 1 heterocycles. The van der Waals surface area contributed by atoms with Crippen LogP contribution in [0.15, 0.2) is 0 Å². The highest BCUT2D eigenvalue weighted by atomic mass is 15.5. The molecule has 0 bridgehead atoms. The highest BCUT2D eigenvalue weighted by Crippen LogP contribution is 2.28. The SMILES string of the molecule is C1CCC(n2nc3c(n2)CCCC3)CC1. The number of aromatic nitrogens is 3. The molecule has 82 valence electrons. The minimum Gasteiger partial charge on any atom is -0.181 e. The first-order valence-electron chi connectivity index (χ1n) is 6.38. The number of nitrogens with zero attached hydrogens (tertiary/aromatic N) is 3. The summed E-state index contributed by atoms with van der Waals surface area (Å²) in [7, 11) is 0. The Morgan fingerprint density at radius 2 is 1.40 bits per heavy atom. The first kappa shape index (κ1) is 9.37. The Morgan fingerprint density at radius 3 is 2.00 bits per heavy atom. The van der Waals surface area contributed by atoms with E-state index >= 15 is 0 Å². The van der Waals surface area contributed by atoms with Gasteiger partial charge in [-0.1, -0.05) is 19.3 Å². The van der Waals surface area contributed by atoms with Gasteiger partial charge in [0.05, 0.1) is 17.4 Å². The molecule has 1 saturated carbocycles. The first-order chi connectivity index (χ1) is 7.43. The van der Waals surface area contributed by atoms with Gasteiger partial charge in [-0.15, -0.1) is 0 Å². The van der Waals surface area contributed by atoms with Crippen molar-refractivity contribution in [1.29, 1.82) is 0 Å². The number of rotatable bonds is 1. The Hall–Kier alpha value is -0.860. The van der Waals surface area contributed by atoms with Crippen molar-refractivity contribution in [3.05, 3.63) is 11.4 Å². The van der Waals surface area contributed by atoms with E-state index in [0.29, 0.717) is 6.04 Å². The fraction of sp³-hybridized carbons (Fsp3) is 0.833. The van der Waals surface area contributed by atoms with Gasteiger partial charge >= 0.3 is 0 Å². The molecular formula is C12H19N3. The van der Waals surface area contributed by atoms with Crippen LogP contribution >= 0.6 is 0 Å². The van der Waals surface area contributed by atoms with Crippen molar-refractivity contribution in [3.8, 4) is 0 Å². The number of aryl methyl sites for hydroxylation is 2. The summed E-state index contributed by atoms with van der Waals surface area (Å²) in [6.07, 6.45) is 11.6. The maximum atomic E-state index is 4.68. The van der Waals surface area contributed by atoms with E-state index in [9.17, 15) is 0 Å². The number of fused-ring (bicyclic) bond motifs is 1. The molecule has 0 aliphatic heterocycles. The third kappa shape index (κ3) is 1.80. The van der Waals surface area contributed by atoms with Gasteiger partial charge in [0.2, 0.25) is 0 Å². The molecule has 0 amide bonds. The minimum atomic E-state index is 0.601. The molecular weight excluding hydrogens is 186 g/mol. The van der Waals surface area contributed by atoms with Gasteiger partial charge in [0.1, 0.15) is 0 Å². The van der Waals surface area contributed by atoms with Crippen LogP contribution in [-0.4, -0.2) is 15.0 Å².